The minimum absolute atomic E-state index is 0.0113. The predicted molar refractivity (Wildman–Crippen MR) is 74.1 cm³/mol. The molecule has 4 heteroatoms. The number of rotatable bonds is 3. The third-order valence-electron chi connectivity index (χ3n) is 3.72. The molecule has 1 aliphatic rings. The van der Waals surface area contributed by atoms with Gasteiger partial charge in [-0.25, -0.2) is 8.78 Å². The molecule has 0 spiro atoms. The van der Waals surface area contributed by atoms with Crippen LogP contribution in [0, 0.1) is 11.6 Å². The van der Waals surface area contributed by atoms with Crippen molar-refractivity contribution in [3.63, 3.8) is 0 Å². The molecule has 0 N–H and O–H groups in total. The molecule has 1 atom stereocenters. The number of Topliss-reactive ketones (excluding diaryl/α,β-unsaturated/α-hetero) is 1. The molecule has 3 rings (SSSR count). The second kappa shape index (κ2) is 5.74. The average molecular weight is 288 g/mol. The van der Waals surface area contributed by atoms with E-state index in [0.717, 1.165) is 23.6 Å². The number of fused-ring (bicyclic) bond motifs is 1. The van der Waals surface area contributed by atoms with Gasteiger partial charge >= 0.3 is 0 Å². The second-order valence-corrected chi connectivity index (χ2v) is 5.04. The van der Waals surface area contributed by atoms with Gasteiger partial charge in [-0.2, -0.15) is 0 Å². The molecular weight excluding hydrogens is 274 g/mol. The summed E-state index contributed by atoms with van der Waals surface area (Å²) in [6, 6.07) is 11.4. The molecule has 0 aromatic heterocycles. The molecule has 21 heavy (non-hydrogen) atoms. The van der Waals surface area contributed by atoms with Gasteiger partial charge in [0.1, 0.15) is 0 Å². The normalized spacial score (nSPS) is 17.3. The highest BCUT2D eigenvalue weighted by atomic mass is 19.2. The van der Waals surface area contributed by atoms with Crippen LogP contribution in [0.1, 0.15) is 34.0 Å². The summed E-state index contributed by atoms with van der Waals surface area (Å²) in [5.74, 6) is -2.55. The van der Waals surface area contributed by atoms with Crippen LogP contribution < -0.4 is 0 Å². The van der Waals surface area contributed by atoms with Gasteiger partial charge in [0, 0.05) is 6.42 Å². The number of carbonyl (C=O) groups is 1. The van der Waals surface area contributed by atoms with Crippen LogP contribution in [0.15, 0.2) is 42.5 Å². The molecule has 108 valence electrons. The maximum atomic E-state index is 13.7. The Balaban J connectivity index is 1.85. The lowest BCUT2D eigenvalue weighted by molar-refractivity contribution is 0.0350. The predicted octanol–water partition coefficient (Wildman–Crippen LogP) is 3.85. The van der Waals surface area contributed by atoms with Gasteiger partial charge in [0.25, 0.3) is 0 Å². The van der Waals surface area contributed by atoms with Crippen molar-refractivity contribution in [3.05, 3.63) is 70.8 Å². The Morgan fingerprint density at radius 2 is 1.95 bits per heavy atom. The summed E-state index contributed by atoms with van der Waals surface area (Å²) in [5, 5.41) is 0. The molecule has 0 saturated carbocycles. The van der Waals surface area contributed by atoms with Gasteiger partial charge in [-0.05, 0) is 29.7 Å². The summed E-state index contributed by atoms with van der Waals surface area (Å²) in [6.45, 7) is 0.528. The maximum Gasteiger partial charge on any atom is 0.169 e. The van der Waals surface area contributed by atoms with Crippen LogP contribution in [-0.2, 0) is 11.2 Å². The highest BCUT2D eigenvalue weighted by molar-refractivity contribution is 5.96. The number of benzene rings is 2. The molecule has 2 aromatic carbocycles. The Labute approximate surface area is 121 Å². The van der Waals surface area contributed by atoms with Crippen LogP contribution >= 0.6 is 0 Å². The first-order valence-corrected chi connectivity index (χ1v) is 6.83. The summed E-state index contributed by atoms with van der Waals surface area (Å²) in [7, 11) is 0. The van der Waals surface area contributed by atoms with Crippen molar-refractivity contribution < 1.29 is 18.3 Å². The van der Waals surface area contributed by atoms with E-state index < -0.39 is 23.5 Å². The fraction of sp³-hybridized carbons (Fsp3) is 0.235. The zero-order valence-corrected chi connectivity index (χ0v) is 11.3. The van der Waals surface area contributed by atoms with Crippen molar-refractivity contribution in [3.8, 4) is 0 Å². The zero-order chi connectivity index (χ0) is 14.8. The van der Waals surface area contributed by atoms with E-state index >= 15 is 0 Å². The lowest BCUT2D eigenvalue weighted by Gasteiger charge is -2.25. The smallest absolute Gasteiger partial charge is 0.169 e. The molecule has 2 nitrogen and oxygen atoms in total. The van der Waals surface area contributed by atoms with E-state index in [2.05, 4.69) is 0 Å². The Kier molecular flexibility index (Phi) is 3.80. The average Bonchev–Trinajstić information content (AvgIpc) is 2.50. The first-order valence-electron chi connectivity index (χ1n) is 6.83. The van der Waals surface area contributed by atoms with E-state index in [1.807, 2.05) is 24.3 Å². The number of carbonyl (C=O) groups excluding carboxylic acids is 1. The van der Waals surface area contributed by atoms with Crippen LogP contribution in [0.2, 0.25) is 0 Å². The van der Waals surface area contributed by atoms with Crippen molar-refractivity contribution >= 4 is 5.78 Å². The van der Waals surface area contributed by atoms with Gasteiger partial charge < -0.3 is 4.74 Å². The lowest BCUT2D eigenvalue weighted by Crippen LogP contribution is -2.19. The van der Waals surface area contributed by atoms with Crippen LogP contribution in [0.3, 0.4) is 0 Å². The molecule has 1 unspecified atom stereocenters. The van der Waals surface area contributed by atoms with Gasteiger partial charge in [-0.15, -0.1) is 0 Å². The highest BCUT2D eigenvalue weighted by Gasteiger charge is 2.25. The van der Waals surface area contributed by atoms with Crippen molar-refractivity contribution in [1.29, 1.82) is 0 Å². The van der Waals surface area contributed by atoms with Gasteiger partial charge in [0.05, 0.1) is 18.3 Å². The SMILES string of the molecule is O=C(CC1OCCc2ccccc21)c1cccc(F)c1F. The molecule has 0 saturated heterocycles. The van der Waals surface area contributed by atoms with Crippen LogP contribution in [0.4, 0.5) is 8.78 Å². The third-order valence-corrected chi connectivity index (χ3v) is 3.72. The standard InChI is InChI=1S/C17H14F2O2/c18-14-7-3-6-13(17(14)19)15(20)10-16-12-5-2-1-4-11(12)8-9-21-16/h1-7,16H,8-10H2. The number of halogens is 2. The minimum atomic E-state index is -1.09. The first-order chi connectivity index (χ1) is 10.2. The van der Waals surface area contributed by atoms with Gasteiger partial charge in [-0.3, -0.25) is 4.79 Å². The quantitative estimate of drug-likeness (QED) is 0.802. The fourth-order valence-electron chi connectivity index (χ4n) is 2.64. The zero-order valence-electron chi connectivity index (χ0n) is 11.3. The maximum absolute atomic E-state index is 13.7. The summed E-state index contributed by atoms with van der Waals surface area (Å²) in [4.78, 5) is 12.2. The van der Waals surface area contributed by atoms with Crippen LogP contribution in [0.5, 0.6) is 0 Å². The second-order valence-electron chi connectivity index (χ2n) is 5.04. The molecule has 0 aliphatic carbocycles. The Morgan fingerprint density at radius 1 is 1.14 bits per heavy atom. The van der Waals surface area contributed by atoms with Crippen LogP contribution in [-0.4, -0.2) is 12.4 Å². The molecular formula is C17H14F2O2. The largest absolute Gasteiger partial charge is 0.373 e. The van der Waals surface area contributed by atoms with Crippen molar-refractivity contribution in [1.82, 2.24) is 0 Å². The number of hydrogen-bond donors (Lipinski definition) is 0. The highest BCUT2D eigenvalue weighted by Crippen LogP contribution is 2.31. The number of ether oxygens (including phenoxy) is 1. The monoisotopic (exact) mass is 288 g/mol. The molecule has 1 heterocycles. The Bertz CT molecular complexity index is 682. The topological polar surface area (TPSA) is 26.3 Å². The van der Waals surface area contributed by atoms with Gasteiger partial charge in [-0.1, -0.05) is 30.3 Å². The molecule has 1 aliphatic heterocycles. The van der Waals surface area contributed by atoms with E-state index in [9.17, 15) is 13.6 Å². The first kappa shape index (κ1) is 13.9. The summed E-state index contributed by atoms with van der Waals surface area (Å²) in [5.41, 5.74) is 1.87. The number of ketones is 1. The van der Waals surface area contributed by atoms with Crippen LogP contribution in [0.25, 0.3) is 0 Å². The molecule has 0 radical (unpaired) electrons. The summed E-state index contributed by atoms with van der Waals surface area (Å²) < 4.78 is 32.5. The molecule has 2 aromatic rings. The van der Waals surface area contributed by atoms with E-state index in [0.29, 0.717) is 6.61 Å². The fourth-order valence-corrected chi connectivity index (χ4v) is 2.64. The van der Waals surface area contributed by atoms with Crippen molar-refractivity contribution in [2.45, 2.75) is 18.9 Å². The van der Waals surface area contributed by atoms with Gasteiger partial charge in [0.2, 0.25) is 0 Å². The molecule has 0 bridgehead atoms. The molecule has 0 fully saturated rings. The summed E-state index contributed by atoms with van der Waals surface area (Å²) in [6.07, 6.45) is 0.414. The van der Waals surface area contributed by atoms with E-state index in [4.69, 9.17) is 4.74 Å². The lowest BCUT2D eigenvalue weighted by atomic mass is 9.93. The summed E-state index contributed by atoms with van der Waals surface area (Å²) >= 11 is 0. The Morgan fingerprint density at radius 3 is 2.81 bits per heavy atom. The third kappa shape index (κ3) is 2.72. The van der Waals surface area contributed by atoms with E-state index in [1.54, 1.807) is 0 Å². The molecule has 0 amide bonds. The van der Waals surface area contributed by atoms with Gasteiger partial charge in [0.15, 0.2) is 17.4 Å². The number of hydrogen-bond acceptors (Lipinski definition) is 2. The Hall–Kier alpha value is -2.07. The van der Waals surface area contributed by atoms with E-state index in [1.165, 1.54) is 12.1 Å². The van der Waals surface area contributed by atoms with E-state index in [-0.39, 0.29) is 12.0 Å². The van der Waals surface area contributed by atoms with Crippen molar-refractivity contribution in [2.75, 3.05) is 6.61 Å². The minimum Gasteiger partial charge on any atom is -0.373 e. The van der Waals surface area contributed by atoms with Crippen molar-refractivity contribution in [2.24, 2.45) is 0 Å².